The molecule has 1 heterocycles. The molecule has 4 unspecified atom stereocenters. The first kappa shape index (κ1) is 21.6. The number of rotatable bonds is 5. The second-order valence-corrected chi connectivity index (χ2v) is 7.82. The lowest BCUT2D eigenvalue weighted by Crippen LogP contribution is -2.51. The molecule has 0 saturated heterocycles. The van der Waals surface area contributed by atoms with Gasteiger partial charge in [-0.05, 0) is 35.8 Å². The van der Waals surface area contributed by atoms with E-state index in [9.17, 15) is 13.9 Å². The van der Waals surface area contributed by atoms with Crippen LogP contribution >= 0.6 is 0 Å². The van der Waals surface area contributed by atoms with Gasteiger partial charge in [-0.15, -0.1) is 0 Å². The molecule has 0 bridgehead atoms. The van der Waals surface area contributed by atoms with E-state index in [2.05, 4.69) is 11.4 Å². The van der Waals surface area contributed by atoms with Crippen molar-refractivity contribution in [1.29, 1.82) is 10.7 Å². The number of aliphatic imine (C=N–C) groups is 1. The molecule has 162 valence electrons. The van der Waals surface area contributed by atoms with Crippen molar-refractivity contribution in [3.05, 3.63) is 89.0 Å². The number of benzene rings is 2. The third-order valence-corrected chi connectivity index (χ3v) is 5.81. The zero-order chi connectivity index (χ0) is 22.8. The van der Waals surface area contributed by atoms with Gasteiger partial charge in [-0.2, -0.15) is 5.26 Å². The fourth-order valence-electron chi connectivity index (χ4n) is 4.07. The van der Waals surface area contributed by atoms with Gasteiger partial charge in [0, 0.05) is 23.3 Å². The fourth-order valence-corrected chi connectivity index (χ4v) is 4.07. The van der Waals surface area contributed by atoms with Crippen LogP contribution in [0.25, 0.3) is 5.57 Å². The van der Waals surface area contributed by atoms with Gasteiger partial charge in [-0.3, -0.25) is 4.99 Å². The van der Waals surface area contributed by atoms with E-state index in [0.29, 0.717) is 12.0 Å². The number of nitrogens with one attached hydrogen (secondary N) is 2. The predicted molar refractivity (Wildman–Crippen MR) is 119 cm³/mol. The average molecular weight is 432 g/mol. The minimum Gasteiger partial charge on any atom is -0.373 e. The maximum absolute atomic E-state index is 14.6. The summed E-state index contributed by atoms with van der Waals surface area (Å²) in [6.45, 7) is 1.78. The molecule has 0 saturated carbocycles. The molecule has 1 aliphatic heterocycles. The van der Waals surface area contributed by atoms with E-state index < -0.39 is 29.8 Å². The second-order valence-electron chi connectivity index (χ2n) is 7.82. The summed E-state index contributed by atoms with van der Waals surface area (Å²) in [6, 6.07) is 12.1. The molecule has 5 nitrogen and oxygen atoms in total. The van der Waals surface area contributed by atoms with Gasteiger partial charge in [0.05, 0.1) is 23.6 Å². The van der Waals surface area contributed by atoms with Crippen molar-refractivity contribution < 1.29 is 13.9 Å². The van der Waals surface area contributed by atoms with Gasteiger partial charge in [-0.25, -0.2) is 8.78 Å². The molecule has 0 amide bonds. The highest BCUT2D eigenvalue weighted by atomic mass is 19.1. The summed E-state index contributed by atoms with van der Waals surface area (Å²) in [5, 5.41) is 31.1. The Morgan fingerprint density at radius 1 is 1.25 bits per heavy atom. The highest BCUT2D eigenvalue weighted by Gasteiger charge is 2.36. The van der Waals surface area contributed by atoms with E-state index in [-0.39, 0.29) is 23.0 Å². The number of halogens is 2. The molecule has 1 aliphatic carbocycles. The van der Waals surface area contributed by atoms with Gasteiger partial charge in [0.1, 0.15) is 23.7 Å². The van der Waals surface area contributed by atoms with E-state index >= 15 is 0 Å². The van der Waals surface area contributed by atoms with Crippen LogP contribution in [-0.2, 0) is 0 Å². The SMILES string of the molecule is CCC(=N)C(C1=NC2C=C(c3ccc(C#N)cc3)C=CC2C(O)N1)c1ccc(F)cc1F. The molecule has 2 aromatic carbocycles. The fraction of sp³-hybridized carbons (Fsp3) is 0.240. The van der Waals surface area contributed by atoms with E-state index in [1.807, 2.05) is 30.4 Å². The molecule has 7 heteroatoms. The normalized spacial score (nSPS) is 22.7. The van der Waals surface area contributed by atoms with Crippen molar-refractivity contribution >= 4 is 17.1 Å². The molecule has 4 rings (SSSR count). The standard InChI is InChI=1S/C25H22F2N4O/c1-2-21(29)23(18-10-8-17(26)12-20(18)27)24-30-22-11-16(7-9-19(22)25(32)31-24)15-5-3-14(13-28)4-6-15/h3-12,19,22-23,25,29,32H,2H2,1H3,(H,30,31). The van der Waals surface area contributed by atoms with Crippen LogP contribution in [0.3, 0.4) is 0 Å². The predicted octanol–water partition coefficient (Wildman–Crippen LogP) is 4.31. The Labute approximate surface area is 184 Å². The maximum atomic E-state index is 14.6. The Bertz CT molecular complexity index is 1180. The summed E-state index contributed by atoms with van der Waals surface area (Å²) in [7, 11) is 0. The monoisotopic (exact) mass is 432 g/mol. The third kappa shape index (κ3) is 4.10. The number of fused-ring (bicyclic) bond motifs is 1. The summed E-state index contributed by atoms with van der Waals surface area (Å²) in [5.41, 5.74) is 2.70. The van der Waals surface area contributed by atoms with Crippen LogP contribution < -0.4 is 5.32 Å². The zero-order valence-corrected chi connectivity index (χ0v) is 17.4. The summed E-state index contributed by atoms with van der Waals surface area (Å²) in [4.78, 5) is 4.74. The Hall–Kier alpha value is -3.63. The number of allylic oxidation sites excluding steroid dienone is 2. The van der Waals surface area contributed by atoms with Crippen LogP contribution in [0, 0.1) is 34.3 Å². The Morgan fingerprint density at radius 2 is 2.00 bits per heavy atom. The smallest absolute Gasteiger partial charge is 0.134 e. The Kier molecular flexibility index (Phi) is 5.97. The number of hydrogen-bond donors (Lipinski definition) is 3. The van der Waals surface area contributed by atoms with Crippen molar-refractivity contribution in [2.45, 2.75) is 31.5 Å². The second kappa shape index (κ2) is 8.85. The first-order chi connectivity index (χ1) is 15.4. The molecule has 0 aromatic heterocycles. The van der Waals surface area contributed by atoms with Gasteiger partial charge in [-0.1, -0.05) is 43.4 Å². The topological polar surface area (TPSA) is 92.3 Å². The summed E-state index contributed by atoms with van der Waals surface area (Å²) in [6.07, 6.45) is 5.06. The Morgan fingerprint density at radius 3 is 2.66 bits per heavy atom. The molecular formula is C25H22F2N4O. The minimum atomic E-state index is -0.974. The maximum Gasteiger partial charge on any atom is 0.134 e. The van der Waals surface area contributed by atoms with Crippen LogP contribution in [0.5, 0.6) is 0 Å². The largest absolute Gasteiger partial charge is 0.373 e. The van der Waals surface area contributed by atoms with Crippen LogP contribution in [0.15, 0.2) is 65.7 Å². The van der Waals surface area contributed by atoms with Gasteiger partial charge in [0.15, 0.2) is 0 Å². The number of nitrogens with zero attached hydrogens (tertiary/aromatic N) is 2. The molecule has 0 fully saturated rings. The first-order valence-corrected chi connectivity index (χ1v) is 10.4. The minimum absolute atomic E-state index is 0.137. The quantitative estimate of drug-likeness (QED) is 0.615. The van der Waals surface area contributed by atoms with Gasteiger partial charge in [0.2, 0.25) is 0 Å². The zero-order valence-electron chi connectivity index (χ0n) is 17.4. The highest BCUT2D eigenvalue weighted by molar-refractivity contribution is 6.10. The molecule has 2 aromatic rings. The third-order valence-electron chi connectivity index (χ3n) is 5.81. The Balaban J connectivity index is 1.73. The average Bonchev–Trinajstić information content (AvgIpc) is 2.80. The molecule has 0 radical (unpaired) electrons. The van der Waals surface area contributed by atoms with Gasteiger partial charge < -0.3 is 15.8 Å². The molecule has 0 spiro atoms. The van der Waals surface area contributed by atoms with Crippen LogP contribution in [-0.4, -0.2) is 28.9 Å². The van der Waals surface area contributed by atoms with Gasteiger partial charge >= 0.3 is 0 Å². The van der Waals surface area contributed by atoms with Gasteiger partial charge in [0.25, 0.3) is 0 Å². The van der Waals surface area contributed by atoms with Crippen molar-refractivity contribution in [2.24, 2.45) is 10.9 Å². The van der Waals surface area contributed by atoms with Crippen molar-refractivity contribution in [3.8, 4) is 6.07 Å². The van der Waals surface area contributed by atoms with E-state index in [1.165, 1.54) is 6.07 Å². The lowest BCUT2D eigenvalue weighted by molar-refractivity contribution is 0.101. The summed E-state index contributed by atoms with van der Waals surface area (Å²) < 4.78 is 28.1. The number of aliphatic hydroxyl groups is 1. The number of amidine groups is 1. The molecule has 32 heavy (non-hydrogen) atoms. The highest BCUT2D eigenvalue weighted by Crippen LogP contribution is 2.33. The first-order valence-electron chi connectivity index (χ1n) is 10.4. The molecule has 4 atom stereocenters. The van der Waals surface area contributed by atoms with Crippen LogP contribution in [0.1, 0.15) is 36.0 Å². The van der Waals surface area contributed by atoms with E-state index in [1.54, 1.807) is 19.1 Å². The van der Waals surface area contributed by atoms with Crippen LogP contribution in [0.4, 0.5) is 8.78 Å². The van der Waals surface area contributed by atoms with Crippen molar-refractivity contribution in [2.75, 3.05) is 0 Å². The van der Waals surface area contributed by atoms with Crippen LogP contribution in [0.2, 0.25) is 0 Å². The van der Waals surface area contributed by atoms with E-state index in [4.69, 9.17) is 15.7 Å². The lowest BCUT2D eigenvalue weighted by atomic mass is 9.84. The van der Waals surface area contributed by atoms with Crippen molar-refractivity contribution in [3.63, 3.8) is 0 Å². The lowest BCUT2D eigenvalue weighted by Gasteiger charge is -2.36. The summed E-state index contributed by atoms with van der Waals surface area (Å²) in [5.74, 6) is -2.35. The number of hydrogen-bond acceptors (Lipinski definition) is 5. The van der Waals surface area contributed by atoms with E-state index in [0.717, 1.165) is 23.3 Å². The molecule has 2 aliphatic rings. The number of aliphatic hydroxyl groups excluding tert-OH is 1. The summed E-state index contributed by atoms with van der Waals surface area (Å²) >= 11 is 0. The molecule has 3 N–H and O–H groups in total. The number of nitriles is 1. The molecular weight excluding hydrogens is 410 g/mol. The van der Waals surface area contributed by atoms with Crippen molar-refractivity contribution in [1.82, 2.24) is 5.32 Å².